The molecule has 2 aromatic heterocycles. The van der Waals surface area contributed by atoms with Gasteiger partial charge in [-0.3, -0.25) is 19.5 Å². The second kappa shape index (κ2) is 7.32. The van der Waals surface area contributed by atoms with Crippen LogP contribution in [0.15, 0.2) is 69.3 Å². The minimum absolute atomic E-state index is 0.0428. The summed E-state index contributed by atoms with van der Waals surface area (Å²) in [6.07, 6.45) is 1.64. The third-order valence-electron chi connectivity index (χ3n) is 4.28. The molecule has 9 nitrogen and oxygen atoms in total. The number of rotatable bonds is 5. The van der Waals surface area contributed by atoms with Crippen molar-refractivity contribution >= 4 is 44.2 Å². The highest BCUT2D eigenvalue weighted by Gasteiger charge is 2.14. The molecule has 0 N–H and O–H groups in total. The van der Waals surface area contributed by atoms with Gasteiger partial charge < -0.3 is 8.98 Å². The topological polar surface area (TPSA) is 113 Å². The molecular weight excluding hydrogens is 396 g/mol. The van der Waals surface area contributed by atoms with Gasteiger partial charge in [0.25, 0.3) is 11.6 Å². The number of non-ortho nitro benzene ring substituents is 1. The number of carbonyl (C=O) groups excluding carboxylic acids is 1. The molecule has 0 saturated heterocycles. The molecule has 4 aromatic rings. The zero-order valence-corrected chi connectivity index (χ0v) is 15.8. The number of thiazole rings is 1. The number of nitrogens with zero attached hydrogens (tertiary/aromatic N) is 4. The lowest BCUT2D eigenvalue weighted by Gasteiger charge is -2.01. The third kappa shape index (κ3) is 3.41. The van der Waals surface area contributed by atoms with E-state index < -0.39 is 16.6 Å². The first-order valence-corrected chi connectivity index (χ1v) is 9.34. The van der Waals surface area contributed by atoms with E-state index in [0.717, 1.165) is 11.3 Å². The Kier molecular flexibility index (Phi) is 4.69. The Morgan fingerprint density at radius 1 is 1.24 bits per heavy atom. The quantitative estimate of drug-likeness (QED) is 0.285. The number of para-hydroxylation sites is 2. The largest absolute Gasteiger partial charge is 0.420 e. The van der Waals surface area contributed by atoms with Crippen molar-refractivity contribution in [3.05, 3.63) is 80.6 Å². The molecular formula is C19H14N4O5S. The molecule has 0 aliphatic carbocycles. The van der Waals surface area contributed by atoms with Crippen molar-refractivity contribution in [2.75, 3.05) is 0 Å². The summed E-state index contributed by atoms with van der Waals surface area (Å²) in [5.41, 5.74) is 1.56. The Bertz CT molecular complexity index is 1410. The van der Waals surface area contributed by atoms with Crippen molar-refractivity contribution in [2.24, 2.45) is 4.99 Å². The van der Waals surface area contributed by atoms with E-state index in [4.69, 9.17) is 4.42 Å². The van der Waals surface area contributed by atoms with Gasteiger partial charge in [0, 0.05) is 18.7 Å². The van der Waals surface area contributed by atoms with E-state index in [2.05, 4.69) is 11.6 Å². The van der Waals surface area contributed by atoms with Crippen LogP contribution in [0.5, 0.6) is 0 Å². The second-order valence-electron chi connectivity index (χ2n) is 6.12. The first-order chi connectivity index (χ1) is 14.0. The fourth-order valence-electron chi connectivity index (χ4n) is 3.01. The van der Waals surface area contributed by atoms with Crippen molar-refractivity contribution in [3.8, 4) is 0 Å². The Labute approximate surface area is 166 Å². The van der Waals surface area contributed by atoms with Gasteiger partial charge in [-0.1, -0.05) is 29.5 Å². The summed E-state index contributed by atoms with van der Waals surface area (Å²) in [5, 5.41) is 11.0. The van der Waals surface area contributed by atoms with E-state index in [1.165, 1.54) is 16.7 Å². The SMILES string of the molecule is C=CCn1c(=NC(=O)Cn2c(=O)oc3ccccc32)sc2cc([N+](=O)[O-])ccc21. The molecule has 2 aromatic carbocycles. The van der Waals surface area contributed by atoms with Crippen LogP contribution in [0.1, 0.15) is 0 Å². The van der Waals surface area contributed by atoms with Gasteiger partial charge in [0.2, 0.25) is 0 Å². The minimum Gasteiger partial charge on any atom is -0.408 e. The number of nitro groups is 1. The first-order valence-electron chi connectivity index (χ1n) is 8.52. The average Bonchev–Trinajstić information content (AvgIpc) is 3.19. The summed E-state index contributed by atoms with van der Waals surface area (Å²) in [5.74, 6) is -1.18. The van der Waals surface area contributed by atoms with Crippen LogP contribution in [-0.2, 0) is 17.9 Å². The smallest absolute Gasteiger partial charge is 0.408 e. The Hall–Kier alpha value is -3.79. The van der Waals surface area contributed by atoms with Crippen molar-refractivity contribution in [1.82, 2.24) is 9.13 Å². The lowest BCUT2D eigenvalue weighted by molar-refractivity contribution is -0.384. The summed E-state index contributed by atoms with van der Waals surface area (Å²) in [7, 11) is 0. The Morgan fingerprint density at radius 2 is 2.03 bits per heavy atom. The number of carbonyl (C=O) groups is 1. The van der Waals surface area contributed by atoms with Gasteiger partial charge in [-0.2, -0.15) is 4.99 Å². The summed E-state index contributed by atoms with van der Waals surface area (Å²) in [6, 6.07) is 11.3. The van der Waals surface area contributed by atoms with Crippen molar-refractivity contribution in [3.63, 3.8) is 0 Å². The van der Waals surface area contributed by atoms with Crippen molar-refractivity contribution in [1.29, 1.82) is 0 Å². The molecule has 0 saturated carbocycles. The molecule has 1 amide bonds. The molecule has 2 heterocycles. The predicted molar refractivity (Wildman–Crippen MR) is 108 cm³/mol. The normalized spacial score (nSPS) is 11.9. The highest BCUT2D eigenvalue weighted by atomic mass is 32.1. The van der Waals surface area contributed by atoms with E-state index in [9.17, 15) is 19.7 Å². The van der Waals surface area contributed by atoms with Crippen LogP contribution < -0.4 is 10.6 Å². The third-order valence-corrected chi connectivity index (χ3v) is 5.32. The molecule has 0 aliphatic heterocycles. The van der Waals surface area contributed by atoms with Crippen LogP contribution in [0.4, 0.5) is 5.69 Å². The highest BCUT2D eigenvalue weighted by molar-refractivity contribution is 7.16. The average molecular weight is 410 g/mol. The Morgan fingerprint density at radius 3 is 2.79 bits per heavy atom. The number of oxazole rings is 1. The molecule has 10 heteroatoms. The molecule has 0 fully saturated rings. The molecule has 0 atom stereocenters. The van der Waals surface area contributed by atoms with Crippen molar-refractivity contribution < 1.29 is 14.1 Å². The maximum atomic E-state index is 12.6. The van der Waals surface area contributed by atoms with E-state index in [1.54, 1.807) is 41.0 Å². The van der Waals surface area contributed by atoms with Gasteiger partial charge >= 0.3 is 5.76 Å². The zero-order chi connectivity index (χ0) is 20.5. The number of benzene rings is 2. The fourth-order valence-corrected chi connectivity index (χ4v) is 4.10. The van der Waals surface area contributed by atoms with E-state index in [-0.39, 0.29) is 12.2 Å². The van der Waals surface area contributed by atoms with Crippen LogP contribution in [-0.4, -0.2) is 20.0 Å². The predicted octanol–water partition coefficient (Wildman–Crippen LogP) is 2.83. The number of allylic oxidation sites excluding steroid dienone is 1. The monoisotopic (exact) mass is 410 g/mol. The van der Waals surface area contributed by atoms with Gasteiger partial charge in [0.05, 0.1) is 20.7 Å². The van der Waals surface area contributed by atoms with E-state index >= 15 is 0 Å². The molecule has 0 bridgehead atoms. The number of amides is 1. The fraction of sp³-hybridized carbons (Fsp3) is 0.105. The maximum Gasteiger partial charge on any atom is 0.420 e. The van der Waals surface area contributed by atoms with Gasteiger partial charge in [-0.15, -0.1) is 6.58 Å². The lowest BCUT2D eigenvalue weighted by Crippen LogP contribution is -2.22. The molecule has 146 valence electrons. The summed E-state index contributed by atoms with van der Waals surface area (Å²) >= 11 is 1.16. The van der Waals surface area contributed by atoms with Crippen LogP contribution in [0.2, 0.25) is 0 Å². The van der Waals surface area contributed by atoms with Gasteiger partial charge in [-0.05, 0) is 18.2 Å². The highest BCUT2D eigenvalue weighted by Crippen LogP contribution is 2.23. The van der Waals surface area contributed by atoms with Crippen molar-refractivity contribution in [2.45, 2.75) is 13.1 Å². The summed E-state index contributed by atoms with van der Waals surface area (Å²) < 4.78 is 8.71. The van der Waals surface area contributed by atoms with E-state index in [0.29, 0.717) is 32.7 Å². The summed E-state index contributed by atoms with van der Waals surface area (Å²) in [4.78, 5) is 39.7. The van der Waals surface area contributed by atoms with Gasteiger partial charge in [0.15, 0.2) is 10.4 Å². The number of aromatic nitrogens is 2. The molecule has 0 unspecified atom stereocenters. The maximum absolute atomic E-state index is 12.6. The number of hydrogen-bond donors (Lipinski definition) is 0. The molecule has 29 heavy (non-hydrogen) atoms. The van der Waals surface area contributed by atoms with Crippen LogP contribution >= 0.6 is 11.3 Å². The standard InChI is InChI=1S/C19H14N4O5S/c1-2-9-21-14-8-7-12(23(26)27)10-16(14)29-18(21)20-17(24)11-22-13-5-3-4-6-15(13)28-19(22)25/h2-8,10H,1,9,11H2. The lowest BCUT2D eigenvalue weighted by atomic mass is 10.3. The zero-order valence-electron chi connectivity index (χ0n) is 15.0. The second-order valence-corrected chi connectivity index (χ2v) is 7.13. The minimum atomic E-state index is -0.638. The summed E-state index contributed by atoms with van der Waals surface area (Å²) in [6.45, 7) is 3.80. The first kappa shape index (κ1) is 18.6. The molecule has 4 rings (SSSR count). The van der Waals surface area contributed by atoms with Crippen LogP contribution in [0.25, 0.3) is 21.3 Å². The molecule has 0 aliphatic rings. The van der Waals surface area contributed by atoms with E-state index in [1.807, 2.05) is 0 Å². The number of fused-ring (bicyclic) bond motifs is 2. The van der Waals surface area contributed by atoms with Crippen LogP contribution in [0, 0.1) is 10.1 Å². The number of hydrogen-bond acceptors (Lipinski definition) is 6. The molecule has 0 radical (unpaired) electrons. The Balaban J connectivity index is 1.78. The van der Waals surface area contributed by atoms with Gasteiger partial charge in [-0.25, -0.2) is 4.79 Å². The van der Waals surface area contributed by atoms with Crippen LogP contribution in [0.3, 0.4) is 0 Å². The molecule has 0 spiro atoms. The van der Waals surface area contributed by atoms with Gasteiger partial charge in [0.1, 0.15) is 6.54 Å². The number of nitro benzene ring substituents is 1.